The van der Waals surface area contributed by atoms with Gasteiger partial charge in [0.05, 0.1) is 0 Å². The van der Waals surface area contributed by atoms with E-state index in [0.29, 0.717) is 10.8 Å². The molecule has 1 atom stereocenters. The monoisotopic (exact) mass is 253 g/mol. The average Bonchev–Trinajstić information content (AvgIpc) is 2.38. The van der Waals surface area contributed by atoms with Crippen LogP contribution >= 0.6 is 0 Å². The van der Waals surface area contributed by atoms with Gasteiger partial charge in [-0.05, 0) is 69.7 Å². The van der Waals surface area contributed by atoms with Crippen LogP contribution in [0.5, 0.6) is 0 Å². The Bertz CT molecular complexity index is 263. The molecule has 1 heteroatoms. The minimum atomic E-state index is 0.255. The van der Waals surface area contributed by atoms with E-state index in [9.17, 15) is 0 Å². The molecule has 0 aliphatic heterocycles. The van der Waals surface area contributed by atoms with Crippen molar-refractivity contribution in [1.29, 1.82) is 0 Å². The molecule has 1 aliphatic rings. The van der Waals surface area contributed by atoms with E-state index in [1.807, 2.05) is 0 Å². The van der Waals surface area contributed by atoms with Crippen LogP contribution in [-0.4, -0.2) is 12.6 Å². The Hall–Kier alpha value is -0.0400. The summed E-state index contributed by atoms with van der Waals surface area (Å²) in [5.74, 6) is 0.895. The van der Waals surface area contributed by atoms with Gasteiger partial charge < -0.3 is 5.32 Å². The zero-order valence-electron chi connectivity index (χ0n) is 13.8. The molecule has 1 fully saturated rings. The Kier molecular flexibility index (Phi) is 4.92. The third-order valence-corrected chi connectivity index (χ3v) is 5.26. The number of hydrogen-bond acceptors (Lipinski definition) is 1. The van der Waals surface area contributed by atoms with Crippen molar-refractivity contribution in [3.63, 3.8) is 0 Å². The molecule has 0 aromatic rings. The summed E-state index contributed by atoms with van der Waals surface area (Å²) in [5.41, 5.74) is 1.28. The van der Waals surface area contributed by atoms with Crippen LogP contribution in [0.1, 0.15) is 80.1 Å². The van der Waals surface area contributed by atoms with Gasteiger partial charge in [-0.1, -0.05) is 34.1 Å². The summed E-state index contributed by atoms with van der Waals surface area (Å²) in [4.78, 5) is 0. The van der Waals surface area contributed by atoms with E-state index in [-0.39, 0.29) is 5.54 Å². The molecule has 108 valence electrons. The first kappa shape index (κ1) is 16.0. The Morgan fingerprint density at radius 1 is 1.06 bits per heavy atom. The minimum Gasteiger partial charge on any atom is -0.315 e. The van der Waals surface area contributed by atoms with E-state index in [4.69, 9.17) is 0 Å². The molecule has 0 amide bonds. The van der Waals surface area contributed by atoms with Crippen molar-refractivity contribution >= 4 is 0 Å². The molecule has 0 spiro atoms. The van der Waals surface area contributed by atoms with Crippen LogP contribution < -0.4 is 5.32 Å². The molecule has 0 aromatic heterocycles. The van der Waals surface area contributed by atoms with Crippen LogP contribution in [0.25, 0.3) is 0 Å². The van der Waals surface area contributed by atoms with Crippen molar-refractivity contribution < 1.29 is 0 Å². The molecule has 0 heterocycles. The van der Waals surface area contributed by atoms with Gasteiger partial charge in [0.2, 0.25) is 0 Å². The van der Waals surface area contributed by atoms with Crippen LogP contribution in [0.4, 0.5) is 0 Å². The first-order chi connectivity index (χ1) is 8.08. The summed E-state index contributed by atoms with van der Waals surface area (Å²) >= 11 is 0. The van der Waals surface area contributed by atoms with Gasteiger partial charge in [0.15, 0.2) is 0 Å². The van der Waals surface area contributed by atoms with Gasteiger partial charge in [0.1, 0.15) is 0 Å². The van der Waals surface area contributed by atoms with Crippen molar-refractivity contribution in [2.45, 2.75) is 85.6 Å². The lowest BCUT2D eigenvalue weighted by Crippen LogP contribution is -2.42. The van der Waals surface area contributed by atoms with Crippen LogP contribution in [-0.2, 0) is 0 Å². The number of rotatable bonds is 4. The standard InChI is InChI=1S/C17H35N/c1-15(2)11-8-9-14(10-12-15)16(3,4)13-17(5,6)18-7/h14,18H,8-13H2,1-7H3. The number of nitrogens with one attached hydrogen (secondary N) is 1. The highest BCUT2D eigenvalue weighted by Gasteiger charge is 2.36. The van der Waals surface area contributed by atoms with E-state index < -0.39 is 0 Å². The van der Waals surface area contributed by atoms with Gasteiger partial charge in [0, 0.05) is 5.54 Å². The topological polar surface area (TPSA) is 12.0 Å². The Morgan fingerprint density at radius 2 is 1.67 bits per heavy atom. The van der Waals surface area contributed by atoms with E-state index in [0.717, 1.165) is 5.92 Å². The zero-order chi connectivity index (χ0) is 14.0. The van der Waals surface area contributed by atoms with E-state index in [2.05, 4.69) is 53.9 Å². The SMILES string of the molecule is CNC(C)(C)CC(C)(C)C1CCCC(C)(C)CC1. The fourth-order valence-corrected chi connectivity index (χ4v) is 3.81. The molecule has 1 rings (SSSR count). The van der Waals surface area contributed by atoms with Gasteiger partial charge >= 0.3 is 0 Å². The second-order valence-electron chi connectivity index (χ2n) is 8.59. The highest BCUT2D eigenvalue weighted by molar-refractivity contribution is 4.90. The molecule has 18 heavy (non-hydrogen) atoms. The summed E-state index contributed by atoms with van der Waals surface area (Å²) in [7, 11) is 2.09. The lowest BCUT2D eigenvalue weighted by Gasteiger charge is -2.40. The molecule has 0 radical (unpaired) electrons. The summed E-state index contributed by atoms with van der Waals surface area (Å²) in [6.45, 7) is 14.5. The fraction of sp³-hybridized carbons (Fsp3) is 1.00. The first-order valence-electron chi connectivity index (χ1n) is 7.77. The second-order valence-corrected chi connectivity index (χ2v) is 8.59. The predicted molar refractivity (Wildman–Crippen MR) is 81.9 cm³/mol. The van der Waals surface area contributed by atoms with Crippen LogP contribution in [0.3, 0.4) is 0 Å². The van der Waals surface area contributed by atoms with Crippen molar-refractivity contribution in [3.8, 4) is 0 Å². The number of hydrogen-bond donors (Lipinski definition) is 1. The van der Waals surface area contributed by atoms with Gasteiger partial charge in [-0.15, -0.1) is 0 Å². The van der Waals surface area contributed by atoms with Crippen molar-refractivity contribution in [1.82, 2.24) is 5.32 Å². The lowest BCUT2D eigenvalue weighted by atomic mass is 9.68. The van der Waals surface area contributed by atoms with Gasteiger partial charge in [0.25, 0.3) is 0 Å². The third kappa shape index (κ3) is 4.57. The normalized spacial score (nSPS) is 25.8. The lowest BCUT2D eigenvalue weighted by molar-refractivity contribution is 0.127. The molecule has 1 N–H and O–H groups in total. The van der Waals surface area contributed by atoms with E-state index in [1.54, 1.807) is 0 Å². The van der Waals surface area contributed by atoms with E-state index >= 15 is 0 Å². The molecule has 0 aromatic carbocycles. The zero-order valence-corrected chi connectivity index (χ0v) is 13.8. The maximum atomic E-state index is 3.47. The highest BCUT2D eigenvalue weighted by atomic mass is 14.9. The summed E-state index contributed by atoms with van der Waals surface area (Å²) in [6, 6.07) is 0. The van der Waals surface area contributed by atoms with Crippen LogP contribution in [0.15, 0.2) is 0 Å². The first-order valence-corrected chi connectivity index (χ1v) is 7.77. The molecule has 1 nitrogen and oxygen atoms in total. The molecular weight excluding hydrogens is 218 g/mol. The predicted octanol–water partition coefficient (Wildman–Crippen LogP) is 5.01. The van der Waals surface area contributed by atoms with Gasteiger partial charge in [-0.25, -0.2) is 0 Å². The fourth-order valence-electron chi connectivity index (χ4n) is 3.81. The highest BCUT2D eigenvalue weighted by Crippen LogP contribution is 2.45. The van der Waals surface area contributed by atoms with Crippen molar-refractivity contribution in [3.05, 3.63) is 0 Å². The van der Waals surface area contributed by atoms with Crippen LogP contribution in [0.2, 0.25) is 0 Å². The maximum absolute atomic E-state index is 3.47. The summed E-state index contributed by atoms with van der Waals surface area (Å²) < 4.78 is 0. The van der Waals surface area contributed by atoms with Gasteiger partial charge in [-0.2, -0.15) is 0 Å². The maximum Gasteiger partial charge on any atom is 0.0127 e. The van der Waals surface area contributed by atoms with E-state index in [1.165, 1.54) is 38.5 Å². The molecule has 0 bridgehead atoms. The van der Waals surface area contributed by atoms with Crippen LogP contribution in [0, 0.1) is 16.7 Å². The van der Waals surface area contributed by atoms with Crippen molar-refractivity contribution in [2.75, 3.05) is 7.05 Å². The minimum absolute atomic E-state index is 0.255. The largest absolute Gasteiger partial charge is 0.315 e. The Labute approximate surface area is 115 Å². The summed E-state index contributed by atoms with van der Waals surface area (Å²) in [6.07, 6.45) is 8.34. The molecule has 0 saturated heterocycles. The molecular formula is C17H35N. The average molecular weight is 253 g/mol. The molecule has 1 unspecified atom stereocenters. The van der Waals surface area contributed by atoms with Crippen molar-refractivity contribution in [2.24, 2.45) is 16.7 Å². The third-order valence-electron chi connectivity index (χ3n) is 5.26. The Balaban J connectivity index is 2.67. The Morgan fingerprint density at radius 3 is 2.22 bits per heavy atom. The smallest absolute Gasteiger partial charge is 0.0127 e. The molecule has 1 saturated carbocycles. The quantitative estimate of drug-likeness (QED) is 0.695. The molecule has 1 aliphatic carbocycles. The summed E-state index contributed by atoms with van der Waals surface area (Å²) in [5, 5.41) is 3.47. The van der Waals surface area contributed by atoms with Gasteiger partial charge in [-0.3, -0.25) is 0 Å². The second kappa shape index (κ2) is 5.53.